The first-order valence-electron chi connectivity index (χ1n) is 12.5. The van der Waals surface area contributed by atoms with Crippen LogP contribution in [0.1, 0.15) is 22.5 Å². The SMILES string of the molecule is Cl.FC(F)(F)c1ccc(Nc2nc(CCOCc3ccccc3)nc3cc(-c4ncccc4C(F)(F)F)ccc23)cc1. The number of halogens is 7. The predicted molar refractivity (Wildman–Crippen MR) is 150 cm³/mol. The van der Waals surface area contributed by atoms with E-state index in [9.17, 15) is 26.3 Å². The molecule has 12 heteroatoms. The molecule has 0 bridgehead atoms. The van der Waals surface area contributed by atoms with E-state index in [1.54, 1.807) is 6.07 Å². The van der Waals surface area contributed by atoms with Crippen molar-refractivity contribution in [1.82, 2.24) is 15.0 Å². The molecule has 1 N–H and O–H groups in total. The van der Waals surface area contributed by atoms with Crippen molar-refractivity contribution in [3.63, 3.8) is 0 Å². The summed E-state index contributed by atoms with van der Waals surface area (Å²) in [7, 11) is 0. The summed E-state index contributed by atoms with van der Waals surface area (Å²) in [5, 5.41) is 3.49. The Balaban J connectivity index is 0.00000405. The molecule has 0 spiro atoms. The Morgan fingerprint density at radius 3 is 2.19 bits per heavy atom. The van der Waals surface area contributed by atoms with E-state index in [4.69, 9.17) is 4.74 Å². The summed E-state index contributed by atoms with van der Waals surface area (Å²) >= 11 is 0. The Labute approximate surface area is 243 Å². The number of pyridine rings is 1. The van der Waals surface area contributed by atoms with E-state index >= 15 is 0 Å². The summed E-state index contributed by atoms with van der Waals surface area (Å²) in [6, 6.07) is 20.7. The van der Waals surface area contributed by atoms with Gasteiger partial charge in [-0.05, 0) is 54.1 Å². The van der Waals surface area contributed by atoms with Gasteiger partial charge in [-0.1, -0.05) is 36.4 Å². The van der Waals surface area contributed by atoms with Crippen LogP contribution in [0.2, 0.25) is 0 Å². The van der Waals surface area contributed by atoms with Crippen LogP contribution in [0.25, 0.3) is 22.2 Å². The quantitative estimate of drug-likeness (QED) is 0.142. The number of rotatable bonds is 8. The lowest BCUT2D eigenvalue weighted by atomic mass is 10.0. The van der Waals surface area contributed by atoms with Gasteiger partial charge in [0.2, 0.25) is 0 Å². The Bertz CT molecular complexity index is 1640. The summed E-state index contributed by atoms with van der Waals surface area (Å²) in [6.07, 6.45) is -7.53. The zero-order valence-corrected chi connectivity index (χ0v) is 22.5. The molecule has 5 rings (SSSR count). The molecule has 5 aromatic rings. The molecule has 0 aliphatic rings. The lowest BCUT2D eigenvalue weighted by Crippen LogP contribution is -2.09. The van der Waals surface area contributed by atoms with E-state index in [1.807, 2.05) is 30.3 Å². The highest BCUT2D eigenvalue weighted by molar-refractivity contribution is 5.93. The van der Waals surface area contributed by atoms with Crippen LogP contribution in [0, 0.1) is 0 Å². The first-order chi connectivity index (χ1) is 19.6. The average molecular weight is 605 g/mol. The second-order valence-electron chi connectivity index (χ2n) is 9.11. The number of nitrogens with zero attached hydrogens (tertiary/aromatic N) is 3. The van der Waals surface area contributed by atoms with Gasteiger partial charge in [-0.2, -0.15) is 26.3 Å². The Hall–Kier alpha value is -4.22. The van der Waals surface area contributed by atoms with E-state index in [0.29, 0.717) is 29.0 Å². The number of anilines is 2. The van der Waals surface area contributed by atoms with E-state index < -0.39 is 23.5 Å². The summed E-state index contributed by atoms with van der Waals surface area (Å²) < 4.78 is 85.8. The maximum absolute atomic E-state index is 13.7. The van der Waals surface area contributed by atoms with Crippen molar-refractivity contribution in [2.45, 2.75) is 25.4 Å². The molecule has 0 atom stereocenters. The molecule has 0 radical (unpaired) electrons. The van der Waals surface area contributed by atoms with Gasteiger partial charge in [0.05, 0.1) is 35.6 Å². The van der Waals surface area contributed by atoms with Crippen molar-refractivity contribution in [3.05, 3.63) is 114 Å². The van der Waals surface area contributed by atoms with Crippen molar-refractivity contribution in [1.29, 1.82) is 0 Å². The molecule has 0 fully saturated rings. The minimum atomic E-state index is -4.61. The van der Waals surface area contributed by atoms with Crippen molar-refractivity contribution in [2.24, 2.45) is 0 Å². The van der Waals surface area contributed by atoms with Crippen LogP contribution < -0.4 is 5.32 Å². The zero-order chi connectivity index (χ0) is 29.0. The molecule has 0 amide bonds. The molecule has 2 heterocycles. The van der Waals surface area contributed by atoms with Crippen molar-refractivity contribution in [2.75, 3.05) is 11.9 Å². The molecular formula is C30H23ClF6N4O. The fraction of sp³-hybridized carbons (Fsp3) is 0.167. The minimum Gasteiger partial charge on any atom is -0.376 e. The van der Waals surface area contributed by atoms with Crippen LogP contribution in [0.15, 0.2) is 91.1 Å². The van der Waals surface area contributed by atoms with Gasteiger partial charge in [-0.15, -0.1) is 12.4 Å². The second-order valence-corrected chi connectivity index (χ2v) is 9.11. The molecule has 0 unspecified atom stereocenters. The van der Waals surface area contributed by atoms with E-state index in [-0.39, 0.29) is 42.5 Å². The normalized spacial score (nSPS) is 11.8. The number of ether oxygens (including phenoxy) is 1. The fourth-order valence-electron chi connectivity index (χ4n) is 4.20. The first kappa shape index (κ1) is 30.7. The molecule has 5 nitrogen and oxygen atoms in total. The molecule has 3 aromatic carbocycles. The highest BCUT2D eigenvalue weighted by Crippen LogP contribution is 2.37. The van der Waals surface area contributed by atoms with E-state index in [0.717, 1.165) is 23.8 Å². The molecule has 218 valence electrons. The molecule has 2 aromatic heterocycles. The molecule has 0 saturated heterocycles. The minimum absolute atomic E-state index is 0. The molecule has 0 aliphatic carbocycles. The smallest absolute Gasteiger partial charge is 0.376 e. The third kappa shape index (κ3) is 7.34. The highest BCUT2D eigenvalue weighted by atomic mass is 35.5. The summed E-state index contributed by atoms with van der Waals surface area (Å²) in [6.45, 7) is 0.632. The van der Waals surface area contributed by atoms with Gasteiger partial charge in [0.25, 0.3) is 0 Å². The number of alkyl halides is 6. The molecule has 0 saturated carbocycles. The van der Waals surface area contributed by atoms with E-state index in [1.165, 1.54) is 36.5 Å². The fourth-order valence-corrected chi connectivity index (χ4v) is 4.20. The Morgan fingerprint density at radius 2 is 1.50 bits per heavy atom. The van der Waals surface area contributed by atoms with Gasteiger partial charge >= 0.3 is 12.4 Å². The Morgan fingerprint density at radius 1 is 0.762 bits per heavy atom. The zero-order valence-electron chi connectivity index (χ0n) is 21.7. The van der Waals surface area contributed by atoms with Crippen molar-refractivity contribution in [3.8, 4) is 11.3 Å². The van der Waals surface area contributed by atoms with Gasteiger partial charge in [0.15, 0.2) is 0 Å². The molecular weight excluding hydrogens is 582 g/mol. The average Bonchev–Trinajstić information content (AvgIpc) is 2.95. The van der Waals surface area contributed by atoms with Crippen LogP contribution in [0.5, 0.6) is 0 Å². The predicted octanol–water partition coefficient (Wildman–Crippen LogP) is 8.65. The van der Waals surface area contributed by atoms with Crippen LogP contribution in [0.3, 0.4) is 0 Å². The Kier molecular flexibility index (Phi) is 9.33. The molecule has 42 heavy (non-hydrogen) atoms. The topological polar surface area (TPSA) is 59.9 Å². The number of hydrogen-bond acceptors (Lipinski definition) is 5. The van der Waals surface area contributed by atoms with Gasteiger partial charge in [0.1, 0.15) is 11.6 Å². The van der Waals surface area contributed by atoms with Crippen LogP contribution in [-0.2, 0) is 30.1 Å². The first-order valence-corrected chi connectivity index (χ1v) is 12.5. The third-order valence-electron chi connectivity index (χ3n) is 6.19. The standard InChI is InChI=1S/C30H22F6N4O.ClH/c31-29(32,33)21-9-11-22(12-10-21)38-28-23-13-8-20(27-24(30(34,35)36)7-4-15-37-27)17-25(23)39-26(40-28)14-16-41-18-19-5-2-1-3-6-19;/h1-13,15,17H,14,16,18H2,(H,38,39,40);1H. The lowest BCUT2D eigenvalue weighted by molar-refractivity contribution is -0.138. The van der Waals surface area contributed by atoms with Crippen LogP contribution in [0.4, 0.5) is 37.8 Å². The van der Waals surface area contributed by atoms with Crippen molar-refractivity contribution < 1.29 is 31.1 Å². The van der Waals surface area contributed by atoms with Gasteiger partial charge in [0, 0.05) is 29.3 Å². The summed E-state index contributed by atoms with van der Waals surface area (Å²) in [5.41, 5.74) is -0.0574. The van der Waals surface area contributed by atoms with Gasteiger partial charge < -0.3 is 10.1 Å². The monoisotopic (exact) mass is 604 g/mol. The summed E-state index contributed by atoms with van der Waals surface area (Å²) in [4.78, 5) is 13.1. The van der Waals surface area contributed by atoms with Crippen molar-refractivity contribution >= 4 is 34.8 Å². The number of fused-ring (bicyclic) bond motifs is 1. The number of nitrogens with one attached hydrogen (secondary N) is 1. The highest BCUT2D eigenvalue weighted by Gasteiger charge is 2.34. The van der Waals surface area contributed by atoms with Gasteiger partial charge in [-0.25, -0.2) is 9.97 Å². The number of benzene rings is 3. The maximum Gasteiger partial charge on any atom is 0.418 e. The van der Waals surface area contributed by atoms with Crippen LogP contribution >= 0.6 is 12.4 Å². The third-order valence-corrected chi connectivity index (χ3v) is 6.19. The van der Waals surface area contributed by atoms with Gasteiger partial charge in [-0.3, -0.25) is 4.98 Å². The number of aromatic nitrogens is 3. The second kappa shape index (κ2) is 12.7. The number of hydrogen-bond donors (Lipinski definition) is 1. The molecule has 0 aliphatic heterocycles. The summed E-state index contributed by atoms with van der Waals surface area (Å²) in [5.74, 6) is 0.630. The maximum atomic E-state index is 13.7. The lowest BCUT2D eigenvalue weighted by Gasteiger charge is -2.15. The van der Waals surface area contributed by atoms with Crippen LogP contribution in [-0.4, -0.2) is 21.6 Å². The van der Waals surface area contributed by atoms with E-state index in [2.05, 4.69) is 20.3 Å². The largest absolute Gasteiger partial charge is 0.418 e.